The number of carbonyl (C=O) groups is 2. The predicted octanol–water partition coefficient (Wildman–Crippen LogP) is 5.02. The average molecular weight is 590 g/mol. The molecule has 2 atom stereocenters. The van der Waals surface area contributed by atoms with Crippen molar-refractivity contribution in [2.45, 2.75) is 50.7 Å². The summed E-state index contributed by atoms with van der Waals surface area (Å²) >= 11 is 6.37. The first-order chi connectivity index (χ1) is 19.0. The second-order valence-corrected chi connectivity index (χ2v) is 11.5. The molecule has 214 valence electrons. The Morgan fingerprint density at radius 3 is 2.20 bits per heavy atom. The van der Waals surface area contributed by atoms with Crippen LogP contribution in [0.4, 0.5) is 10.1 Å². The molecule has 0 saturated carbocycles. The third-order valence-corrected chi connectivity index (χ3v) is 8.66. The molecule has 2 amide bonds. The molecule has 0 fully saturated rings. The van der Waals surface area contributed by atoms with Crippen molar-refractivity contribution in [3.05, 3.63) is 89.2 Å². The maximum atomic E-state index is 13.9. The van der Waals surface area contributed by atoms with Crippen molar-refractivity contribution in [1.82, 2.24) is 10.2 Å². The van der Waals surface area contributed by atoms with Gasteiger partial charge in [0.25, 0.3) is 10.0 Å². The van der Waals surface area contributed by atoms with Crippen molar-refractivity contribution in [3.63, 3.8) is 0 Å². The highest BCUT2D eigenvalue weighted by atomic mass is 35.5. The highest BCUT2D eigenvalue weighted by molar-refractivity contribution is 7.92. The van der Waals surface area contributed by atoms with Gasteiger partial charge in [0.2, 0.25) is 11.8 Å². The van der Waals surface area contributed by atoms with Gasteiger partial charge in [-0.05, 0) is 80.4 Å². The quantitative estimate of drug-likeness (QED) is 0.320. The largest absolute Gasteiger partial charge is 0.497 e. The fourth-order valence-corrected chi connectivity index (χ4v) is 5.48. The number of nitrogens with zero attached hydrogens (tertiary/aromatic N) is 2. The van der Waals surface area contributed by atoms with Gasteiger partial charge < -0.3 is 15.0 Å². The number of sulfonamides is 1. The van der Waals surface area contributed by atoms with Crippen LogP contribution in [0, 0.1) is 5.82 Å². The summed E-state index contributed by atoms with van der Waals surface area (Å²) in [5, 5.41) is 3.27. The number of hydrogen-bond donors (Lipinski definition) is 1. The van der Waals surface area contributed by atoms with Gasteiger partial charge in [0.1, 0.15) is 24.2 Å². The van der Waals surface area contributed by atoms with E-state index in [-0.39, 0.29) is 29.1 Å². The number of anilines is 1. The Hall–Kier alpha value is -3.63. The Morgan fingerprint density at radius 2 is 1.62 bits per heavy atom. The summed E-state index contributed by atoms with van der Waals surface area (Å²) in [7, 11) is -2.83. The highest BCUT2D eigenvalue weighted by Gasteiger charge is 2.33. The summed E-state index contributed by atoms with van der Waals surface area (Å²) in [5.41, 5.74) is 0.673. The van der Waals surface area contributed by atoms with Crippen LogP contribution in [-0.2, 0) is 26.2 Å². The van der Waals surface area contributed by atoms with E-state index < -0.39 is 34.3 Å². The highest BCUT2D eigenvalue weighted by Crippen LogP contribution is 2.27. The van der Waals surface area contributed by atoms with E-state index in [1.807, 2.05) is 13.8 Å². The van der Waals surface area contributed by atoms with Crippen LogP contribution in [0.25, 0.3) is 0 Å². The minimum Gasteiger partial charge on any atom is -0.497 e. The zero-order valence-electron chi connectivity index (χ0n) is 22.8. The molecule has 0 bridgehead atoms. The van der Waals surface area contributed by atoms with Crippen LogP contribution in [0.5, 0.6) is 5.75 Å². The van der Waals surface area contributed by atoms with Gasteiger partial charge >= 0.3 is 0 Å². The maximum Gasteiger partial charge on any atom is 0.264 e. The van der Waals surface area contributed by atoms with E-state index in [1.54, 1.807) is 31.2 Å². The molecule has 0 aliphatic heterocycles. The number of methoxy groups -OCH3 is 1. The first-order valence-electron chi connectivity index (χ1n) is 12.7. The Balaban J connectivity index is 2.03. The van der Waals surface area contributed by atoms with Gasteiger partial charge in [-0.15, -0.1) is 0 Å². The molecule has 0 aromatic heterocycles. The fraction of sp³-hybridized carbons (Fsp3) is 0.310. The van der Waals surface area contributed by atoms with Gasteiger partial charge in [0.05, 0.1) is 17.7 Å². The Bertz CT molecular complexity index is 1420. The predicted molar refractivity (Wildman–Crippen MR) is 153 cm³/mol. The Kier molecular flexibility index (Phi) is 10.5. The third-order valence-electron chi connectivity index (χ3n) is 6.51. The monoisotopic (exact) mass is 589 g/mol. The number of hydrogen-bond acceptors (Lipinski definition) is 5. The first-order valence-corrected chi connectivity index (χ1v) is 14.5. The molecular weight excluding hydrogens is 557 g/mol. The fourth-order valence-electron chi connectivity index (χ4n) is 3.87. The number of amides is 2. The lowest BCUT2D eigenvalue weighted by atomic mass is 10.1. The number of halogens is 2. The van der Waals surface area contributed by atoms with E-state index in [1.165, 1.54) is 48.4 Å². The molecule has 0 aliphatic rings. The molecule has 3 aromatic carbocycles. The molecule has 8 nitrogen and oxygen atoms in total. The van der Waals surface area contributed by atoms with Crippen LogP contribution < -0.4 is 14.4 Å². The van der Waals surface area contributed by atoms with E-state index in [0.717, 1.165) is 16.4 Å². The van der Waals surface area contributed by atoms with Gasteiger partial charge in [-0.3, -0.25) is 13.9 Å². The lowest BCUT2D eigenvalue weighted by Gasteiger charge is -2.32. The summed E-state index contributed by atoms with van der Waals surface area (Å²) < 4.78 is 47.4. The van der Waals surface area contributed by atoms with E-state index in [9.17, 15) is 22.4 Å². The Labute approximate surface area is 239 Å². The standard InChI is InChI=1S/C29H33ClFN3O5S/c1-5-20(2)32-29(36)21(3)33(18-22-8-6-7-9-27(22)30)28(35)19-34(24-12-10-23(31)11-13-24)40(37,38)26-16-14-25(39-4)15-17-26/h6-17,20-21H,5,18-19H2,1-4H3,(H,32,36)/t20-,21+/m0/s1. The van der Waals surface area contributed by atoms with Gasteiger partial charge in [0, 0.05) is 17.6 Å². The molecule has 0 spiro atoms. The number of nitrogens with one attached hydrogen (secondary N) is 1. The Morgan fingerprint density at radius 1 is 1.00 bits per heavy atom. The van der Waals surface area contributed by atoms with Crippen LogP contribution in [0.15, 0.2) is 77.7 Å². The molecule has 0 unspecified atom stereocenters. The molecule has 3 aromatic rings. The van der Waals surface area contributed by atoms with E-state index >= 15 is 0 Å². The molecular formula is C29H33ClFN3O5S. The zero-order chi connectivity index (χ0) is 29.4. The van der Waals surface area contributed by atoms with Gasteiger partial charge in [-0.25, -0.2) is 12.8 Å². The molecule has 0 saturated heterocycles. The smallest absolute Gasteiger partial charge is 0.264 e. The van der Waals surface area contributed by atoms with Crippen LogP contribution >= 0.6 is 11.6 Å². The normalized spacial score (nSPS) is 12.8. The number of rotatable bonds is 12. The van der Waals surface area contributed by atoms with E-state index in [0.29, 0.717) is 22.8 Å². The lowest BCUT2D eigenvalue weighted by molar-refractivity contribution is -0.139. The molecule has 0 heterocycles. The summed E-state index contributed by atoms with van der Waals surface area (Å²) in [5.74, 6) is -1.14. The molecule has 3 rings (SSSR count). The van der Waals surface area contributed by atoms with Gasteiger partial charge in [-0.1, -0.05) is 36.7 Å². The van der Waals surface area contributed by atoms with Crippen LogP contribution in [0.3, 0.4) is 0 Å². The minimum atomic E-state index is -4.29. The van der Waals surface area contributed by atoms with Gasteiger partial charge in [0.15, 0.2) is 0 Å². The van der Waals surface area contributed by atoms with E-state index in [2.05, 4.69) is 5.32 Å². The first kappa shape index (κ1) is 30.9. The molecule has 0 radical (unpaired) electrons. The van der Waals surface area contributed by atoms with Crippen molar-refractivity contribution in [2.24, 2.45) is 0 Å². The molecule has 11 heteroatoms. The molecule has 1 N–H and O–H groups in total. The topological polar surface area (TPSA) is 96.0 Å². The zero-order valence-corrected chi connectivity index (χ0v) is 24.4. The van der Waals surface area contributed by atoms with Crippen molar-refractivity contribution < 1.29 is 27.1 Å². The molecule has 0 aliphatic carbocycles. The van der Waals surface area contributed by atoms with Crippen LogP contribution in [0.2, 0.25) is 5.02 Å². The second-order valence-electron chi connectivity index (χ2n) is 9.27. The van der Waals surface area contributed by atoms with Crippen molar-refractivity contribution in [1.29, 1.82) is 0 Å². The van der Waals surface area contributed by atoms with E-state index in [4.69, 9.17) is 16.3 Å². The van der Waals surface area contributed by atoms with Crippen LogP contribution in [0.1, 0.15) is 32.8 Å². The summed E-state index contributed by atoms with van der Waals surface area (Å²) in [6.07, 6.45) is 0.690. The van der Waals surface area contributed by atoms with Crippen molar-refractivity contribution >= 4 is 39.1 Å². The van der Waals surface area contributed by atoms with Gasteiger partial charge in [-0.2, -0.15) is 0 Å². The number of benzene rings is 3. The minimum absolute atomic E-state index is 0.0343. The summed E-state index contributed by atoms with van der Waals surface area (Å²) in [6.45, 7) is 4.67. The molecule has 40 heavy (non-hydrogen) atoms. The second kappa shape index (κ2) is 13.6. The number of ether oxygens (including phenoxy) is 1. The third kappa shape index (κ3) is 7.51. The van der Waals surface area contributed by atoms with Crippen molar-refractivity contribution in [3.8, 4) is 5.75 Å². The average Bonchev–Trinajstić information content (AvgIpc) is 2.95. The maximum absolute atomic E-state index is 13.9. The van der Waals surface area contributed by atoms with Crippen LogP contribution in [-0.4, -0.2) is 50.9 Å². The van der Waals surface area contributed by atoms with Crippen molar-refractivity contribution in [2.75, 3.05) is 18.0 Å². The SMILES string of the molecule is CC[C@H](C)NC(=O)[C@@H](C)N(Cc1ccccc1Cl)C(=O)CN(c1ccc(F)cc1)S(=O)(=O)c1ccc(OC)cc1. The lowest BCUT2D eigenvalue weighted by Crippen LogP contribution is -2.52. The summed E-state index contributed by atoms with van der Waals surface area (Å²) in [4.78, 5) is 28.2. The summed E-state index contributed by atoms with van der Waals surface area (Å²) in [6, 6.07) is 16.3. The number of carbonyl (C=O) groups excluding carboxylic acids is 2.